The van der Waals surface area contributed by atoms with Crippen molar-refractivity contribution in [1.82, 2.24) is 14.5 Å². The maximum atomic E-state index is 12.6. The molecule has 19 heavy (non-hydrogen) atoms. The van der Waals surface area contributed by atoms with Crippen molar-refractivity contribution in [3.8, 4) is 0 Å². The van der Waals surface area contributed by atoms with Gasteiger partial charge >= 0.3 is 0 Å². The number of aromatic amines is 1. The van der Waals surface area contributed by atoms with Gasteiger partial charge in [-0.3, -0.25) is 5.10 Å². The third kappa shape index (κ3) is 2.81. The predicted molar refractivity (Wildman–Crippen MR) is 74.5 cm³/mol. The minimum Gasteiger partial charge on any atom is -0.392 e. The highest BCUT2D eigenvalue weighted by molar-refractivity contribution is 8.00. The Morgan fingerprint density at radius 3 is 2.95 bits per heavy atom. The first-order valence-corrected chi connectivity index (χ1v) is 8.76. The normalized spacial score (nSPS) is 21.7. The summed E-state index contributed by atoms with van der Waals surface area (Å²) in [4.78, 5) is 0. The quantitative estimate of drug-likeness (QED) is 0.856. The molecule has 1 fully saturated rings. The van der Waals surface area contributed by atoms with Crippen molar-refractivity contribution in [1.29, 1.82) is 0 Å². The van der Waals surface area contributed by atoms with Gasteiger partial charge in [0.25, 0.3) is 10.0 Å². The lowest BCUT2D eigenvalue weighted by molar-refractivity contribution is 0.277. The third-order valence-corrected chi connectivity index (χ3v) is 6.55. The number of rotatable bonds is 4. The van der Waals surface area contributed by atoms with Gasteiger partial charge in [0.15, 0.2) is 5.03 Å². The number of aliphatic hydroxyl groups excluding tert-OH is 1. The van der Waals surface area contributed by atoms with E-state index in [4.69, 9.17) is 0 Å². The summed E-state index contributed by atoms with van der Waals surface area (Å²) >= 11 is 1.81. The zero-order valence-electron chi connectivity index (χ0n) is 11.1. The molecule has 0 aromatic carbocycles. The van der Waals surface area contributed by atoms with Crippen molar-refractivity contribution in [2.24, 2.45) is 0 Å². The van der Waals surface area contributed by atoms with Crippen LogP contribution in [0.4, 0.5) is 0 Å². The molecule has 1 aliphatic heterocycles. The number of aryl methyl sites for hydroxylation is 1. The van der Waals surface area contributed by atoms with Crippen LogP contribution in [0.5, 0.6) is 0 Å². The number of aliphatic hydroxyl groups is 1. The number of aromatic nitrogens is 2. The van der Waals surface area contributed by atoms with Gasteiger partial charge in [0.2, 0.25) is 0 Å². The first kappa shape index (κ1) is 14.8. The SMILES string of the molecule is CCC1CN(S(=O)(=O)c2n[nH]c(C)c2CO)CCS1. The average Bonchev–Trinajstić information content (AvgIpc) is 2.80. The molecule has 2 heterocycles. The molecule has 6 nitrogen and oxygen atoms in total. The Balaban J connectivity index is 2.31. The monoisotopic (exact) mass is 305 g/mol. The summed E-state index contributed by atoms with van der Waals surface area (Å²) in [6.07, 6.45) is 0.948. The molecule has 1 aromatic heterocycles. The van der Waals surface area contributed by atoms with Crippen LogP contribution in [-0.2, 0) is 16.6 Å². The lowest BCUT2D eigenvalue weighted by Crippen LogP contribution is -2.42. The molecule has 0 saturated carbocycles. The number of nitrogens with one attached hydrogen (secondary N) is 1. The zero-order chi connectivity index (χ0) is 14.0. The van der Waals surface area contributed by atoms with E-state index in [1.165, 1.54) is 4.31 Å². The number of hydrogen-bond donors (Lipinski definition) is 2. The number of H-pyrrole nitrogens is 1. The smallest absolute Gasteiger partial charge is 0.262 e. The van der Waals surface area contributed by atoms with E-state index in [-0.39, 0.29) is 11.6 Å². The second-order valence-electron chi connectivity index (χ2n) is 4.55. The predicted octanol–water partition coefficient (Wildman–Crippen LogP) is 0.727. The molecule has 2 rings (SSSR count). The fraction of sp³-hybridized carbons (Fsp3) is 0.727. The molecule has 0 amide bonds. The van der Waals surface area contributed by atoms with Crippen molar-refractivity contribution >= 4 is 21.8 Å². The molecule has 8 heteroatoms. The Hall–Kier alpha value is -0.570. The van der Waals surface area contributed by atoms with Crippen LogP contribution in [0.25, 0.3) is 0 Å². The molecule has 2 N–H and O–H groups in total. The van der Waals surface area contributed by atoms with Gasteiger partial charge in [-0.25, -0.2) is 8.42 Å². The Kier molecular flexibility index (Phi) is 4.54. The second-order valence-corrected chi connectivity index (χ2v) is 7.82. The van der Waals surface area contributed by atoms with Gasteiger partial charge in [0.05, 0.1) is 6.61 Å². The van der Waals surface area contributed by atoms with Gasteiger partial charge in [-0.15, -0.1) is 0 Å². The molecule has 1 atom stereocenters. The third-order valence-electron chi connectivity index (χ3n) is 3.34. The molecule has 0 aliphatic carbocycles. The molecule has 0 bridgehead atoms. The molecule has 1 aliphatic rings. The maximum absolute atomic E-state index is 12.6. The summed E-state index contributed by atoms with van der Waals surface area (Å²) in [6, 6.07) is 0. The van der Waals surface area contributed by atoms with E-state index in [9.17, 15) is 13.5 Å². The molecule has 108 valence electrons. The second kappa shape index (κ2) is 5.82. The summed E-state index contributed by atoms with van der Waals surface area (Å²) in [6.45, 7) is 4.46. The number of nitrogens with zero attached hydrogens (tertiary/aromatic N) is 2. The molecular formula is C11H19N3O3S2. The first-order valence-electron chi connectivity index (χ1n) is 6.27. The minimum absolute atomic E-state index is 0.0331. The number of sulfonamides is 1. The van der Waals surface area contributed by atoms with E-state index in [2.05, 4.69) is 17.1 Å². The molecule has 0 radical (unpaired) electrons. The van der Waals surface area contributed by atoms with Crippen LogP contribution in [-0.4, -0.2) is 52.1 Å². The van der Waals surface area contributed by atoms with Crippen molar-refractivity contribution in [2.75, 3.05) is 18.8 Å². The van der Waals surface area contributed by atoms with Crippen LogP contribution in [0.1, 0.15) is 24.6 Å². The molecule has 1 saturated heterocycles. The highest BCUT2D eigenvalue weighted by Gasteiger charge is 2.33. The van der Waals surface area contributed by atoms with Crippen molar-refractivity contribution in [2.45, 2.75) is 37.2 Å². The van der Waals surface area contributed by atoms with Gasteiger partial charge in [-0.1, -0.05) is 6.92 Å². The first-order chi connectivity index (χ1) is 9.00. The summed E-state index contributed by atoms with van der Waals surface area (Å²) in [5.74, 6) is 0.801. The average molecular weight is 305 g/mol. The van der Waals surface area contributed by atoms with Gasteiger partial charge in [-0.2, -0.15) is 21.2 Å². The summed E-state index contributed by atoms with van der Waals surface area (Å²) in [7, 11) is -3.61. The molecule has 1 aromatic rings. The fourth-order valence-corrected chi connectivity index (χ4v) is 5.14. The zero-order valence-corrected chi connectivity index (χ0v) is 12.7. The van der Waals surface area contributed by atoms with E-state index in [0.29, 0.717) is 29.6 Å². The lowest BCUT2D eigenvalue weighted by Gasteiger charge is -2.30. The Labute approximate surface area is 117 Å². The van der Waals surface area contributed by atoms with Crippen molar-refractivity contribution < 1.29 is 13.5 Å². The van der Waals surface area contributed by atoms with Crippen molar-refractivity contribution in [3.63, 3.8) is 0 Å². The number of hydrogen-bond acceptors (Lipinski definition) is 5. The highest BCUT2D eigenvalue weighted by atomic mass is 32.2. The van der Waals surface area contributed by atoms with Crippen LogP contribution in [0.2, 0.25) is 0 Å². The number of thioether (sulfide) groups is 1. The largest absolute Gasteiger partial charge is 0.392 e. The maximum Gasteiger partial charge on any atom is 0.262 e. The Bertz CT molecular complexity index is 541. The topological polar surface area (TPSA) is 86.3 Å². The standard InChI is InChI=1S/C11H19N3O3S2/c1-3-9-6-14(4-5-18-9)19(16,17)11-10(7-15)8(2)12-13-11/h9,15H,3-7H2,1-2H3,(H,12,13). The van der Waals surface area contributed by atoms with Gasteiger partial charge < -0.3 is 5.11 Å². The Morgan fingerprint density at radius 2 is 2.32 bits per heavy atom. The van der Waals surface area contributed by atoms with Crippen LogP contribution in [0, 0.1) is 6.92 Å². The van der Waals surface area contributed by atoms with Crippen molar-refractivity contribution in [3.05, 3.63) is 11.3 Å². The van der Waals surface area contributed by atoms with Gasteiger partial charge in [-0.05, 0) is 13.3 Å². The van der Waals surface area contributed by atoms with E-state index >= 15 is 0 Å². The summed E-state index contributed by atoms with van der Waals surface area (Å²) < 4.78 is 26.6. The van der Waals surface area contributed by atoms with Crippen LogP contribution in [0.15, 0.2) is 5.03 Å². The fourth-order valence-electron chi connectivity index (χ4n) is 2.11. The summed E-state index contributed by atoms with van der Waals surface area (Å²) in [5, 5.41) is 16.1. The van der Waals surface area contributed by atoms with Gasteiger partial charge in [0.1, 0.15) is 0 Å². The lowest BCUT2D eigenvalue weighted by atomic mass is 10.3. The van der Waals surface area contributed by atoms with Crippen LogP contribution < -0.4 is 0 Å². The molecular weight excluding hydrogens is 286 g/mol. The van der Waals surface area contributed by atoms with Crippen LogP contribution >= 0.6 is 11.8 Å². The van der Waals surface area contributed by atoms with E-state index in [1.807, 2.05) is 11.8 Å². The van der Waals surface area contributed by atoms with Gasteiger partial charge in [0, 0.05) is 35.3 Å². The Morgan fingerprint density at radius 1 is 1.58 bits per heavy atom. The molecule has 0 spiro atoms. The summed E-state index contributed by atoms with van der Waals surface area (Å²) in [5.41, 5.74) is 0.964. The van der Waals surface area contributed by atoms with E-state index in [1.54, 1.807) is 6.92 Å². The molecule has 1 unspecified atom stereocenters. The minimum atomic E-state index is -3.61. The van der Waals surface area contributed by atoms with E-state index < -0.39 is 10.0 Å². The highest BCUT2D eigenvalue weighted by Crippen LogP contribution is 2.27. The van der Waals surface area contributed by atoms with Crippen LogP contribution in [0.3, 0.4) is 0 Å². The van der Waals surface area contributed by atoms with E-state index in [0.717, 1.165) is 12.2 Å².